The molecule has 0 radical (unpaired) electrons. The summed E-state index contributed by atoms with van der Waals surface area (Å²) in [5, 5.41) is 11.2. The lowest BCUT2D eigenvalue weighted by Crippen LogP contribution is -2.38. The molecule has 0 atom stereocenters. The van der Waals surface area contributed by atoms with Crippen LogP contribution in [-0.2, 0) is 11.3 Å². The highest BCUT2D eigenvalue weighted by Gasteiger charge is 2.36. The highest BCUT2D eigenvalue weighted by molar-refractivity contribution is 8.17. The molecule has 0 unspecified atom stereocenters. The van der Waals surface area contributed by atoms with Gasteiger partial charge in [-0.15, -0.1) is 0 Å². The standard InChI is InChI=1S/C24H18N4OS/c25-22-20(14-19-12-7-13-27(19)15-17-8-3-1-4-9-17)23(29)26-24-28(22)21(16-30-24)18-10-5-2-6-11-18/h1-14,16,25H,15H2. The fourth-order valence-corrected chi connectivity index (χ4v) is 4.43. The fourth-order valence-electron chi connectivity index (χ4n) is 3.54. The number of hydrogen-bond donors (Lipinski definition) is 1. The molecule has 2 aliphatic rings. The van der Waals surface area contributed by atoms with E-state index >= 15 is 0 Å². The van der Waals surface area contributed by atoms with E-state index in [-0.39, 0.29) is 17.3 Å². The van der Waals surface area contributed by atoms with Gasteiger partial charge in [0.1, 0.15) is 5.84 Å². The maximum Gasteiger partial charge on any atom is 0.283 e. The molecule has 2 aliphatic heterocycles. The lowest BCUT2D eigenvalue weighted by Gasteiger charge is -2.27. The first-order valence-electron chi connectivity index (χ1n) is 9.56. The van der Waals surface area contributed by atoms with E-state index in [1.165, 1.54) is 17.3 Å². The number of amidine groups is 2. The van der Waals surface area contributed by atoms with Crippen LogP contribution in [0.3, 0.4) is 0 Å². The van der Waals surface area contributed by atoms with Crippen LogP contribution in [0, 0.1) is 5.41 Å². The van der Waals surface area contributed by atoms with Gasteiger partial charge in [0, 0.05) is 23.8 Å². The minimum Gasteiger partial charge on any atom is -0.344 e. The van der Waals surface area contributed by atoms with Gasteiger partial charge < -0.3 is 4.57 Å². The van der Waals surface area contributed by atoms with Crippen LogP contribution in [0.25, 0.3) is 11.8 Å². The van der Waals surface area contributed by atoms with Crippen LogP contribution < -0.4 is 0 Å². The van der Waals surface area contributed by atoms with Crippen molar-refractivity contribution in [2.75, 3.05) is 0 Å². The minimum absolute atomic E-state index is 0.151. The molecule has 5 nitrogen and oxygen atoms in total. The predicted molar refractivity (Wildman–Crippen MR) is 122 cm³/mol. The van der Waals surface area contributed by atoms with Crippen molar-refractivity contribution in [2.24, 2.45) is 4.99 Å². The van der Waals surface area contributed by atoms with E-state index < -0.39 is 0 Å². The number of carbonyl (C=O) groups excluding carboxylic acids is 1. The Hall–Kier alpha value is -3.64. The van der Waals surface area contributed by atoms with Gasteiger partial charge in [-0.25, -0.2) is 0 Å². The maximum absolute atomic E-state index is 12.7. The van der Waals surface area contributed by atoms with E-state index in [1.54, 1.807) is 11.0 Å². The summed E-state index contributed by atoms with van der Waals surface area (Å²) in [6.07, 6.45) is 3.74. The van der Waals surface area contributed by atoms with Crippen LogP contribution in [0.1, 0.15) is 16.8 Å². The van der Waals surface area contributed by atoms with Gasteiger partial charge in [0.05, 0.1) is 11.3 Å². The summed E-state index contributed by atoms with van der Waals surface area (Å²) in [6.45, 7) is 0.692. The molecule has 0 saturated heterocycles. The van der Waals surface area contributed by atoms with E-state index in [2.05, 4.69) is 21.7 Å². The van der Waals surface area contributed by atoms with Gasteiger partial charge in [0.15, 0.2) is 5.17 Å². The molecule has 0 fully saturated rings. The molecule has 1 N–H and O–H groups in total. The predicted octanol–water partition coefficient (Wildman–Crippen LogP) is 4.84. The van der Waals surface area contributed by atoms with Crippen LogP contribution in [0.15, 0.2) is 95.0 Å². The van der Waals surface area contributed by atoms with E-state index in [0.717, 1.165) is 17.0 Å². The molecule has 0 aliphatic carbocycles. The average molecular weight is 411 g/mol. The summed E-state index contributed by atoms with van der Waals surface area (Å²) in [6, 6.07) is 23.9. The van der Waals surface area contributed by atoms with Crippen LogP contribution in [0.2, 0.25) is 0 Å². The summed E-state index contributed by atoms with van der Waals surface area (Å²) < 4.78 is 2.06. The molecular formula is C24H18N4OS. The first-order valence-corrected chi connectivity index (χ1v) is 10.4. The number of hydrogen-bond acceptors (Lipinski definition) is 3. The number of nitrogens with zero attached hydrogens (tertiary/aromatic N) is 3. The molecule has 1 amide bonds. The molecule has 0 bridgehead atoms. The van der Waals surface area contributed by atoms with Crippen LogP contribution in [-0.4, -0.2) is 26.4 Å². The van der Waals surface area contributed by atoms with Crippen LogP contribution >= 0.6 is 11.8 Å². The van der Waals surface area contributed by atoms with Crippen LogP contribution in [0.4, 0.5) is 0 Å². The lowest BCUT2D eigenvalue weighted by molar-refractivity contribution is -0.114. The molecule has 146 valence electrons. The van der Waals surface area contributed by atoms with Crippen molar-refractivity contribution in [1.29, 1.82) is 5.41 Å². The number of amides is 1. The van der Waals surface area contributed by atoms with Crippen LogP contribution in [0.5, 0.6) is 0 Å². The smallest absolute Gasteiger partial charge is 0.283 e. The number of thioether (sulfide) groups is 1. The quantitative estimate of drug-likeness (QED) is 0.626. The summed E-state index contributed by atoms with van der Waals surface area (Å²) in [5.74, 6) is -0.230. The summed E-state index contributed by atoms with van der Waals surface area (Å²) in [5.41, 5.74) is 4.17. The van der Waals surface area contributed by atoms with Gasteiger partial charge in [-0.2, -0.15) is 4.99 Å². The van der Waals surface area contributed by atoms with Crippen molar-refractivity contribution in [1.82, 2.24) is 9.47 Å². The largest absolute Gasteiger partial charge is 0.344 e. The average Bonchev–Trinajstić information content (AvgIpc) is 3.39. The third-order valence-electron chi connectivity index (χ3n) is 5.04. The van der Waals surface area contributed by atoms with E-state index in [0.29, 0.717) is 11.7 Å². The van der Waals surface area contributed by atoms with Gasteiger partial charge in [0.2, 0.25) is 0 Å². The molecule has 5 rings (SSSR count). The topological polar surface area (TPSA) is 61.5 Å². The van der Waals surface area contributed by atoms with Gasteiger partial charge in [-0.05, 0) is 29.3 Å². The third kappa shape index (κ3) is 3.31. The lowest BCUT2D eigenvalue weighted by atomic mass is 10.1. The Morgan fingerprint density at radius 3 is 2.47 bits per heavy atom. The number of carbonyl (C=O) groups is 1. The van der Waals surface area contributed by atoms with E-state index in [4.69, 9.17) is 5.41 Å². The monoisotopic (exact) mass is 410 g/mol. The second-order valence-electron chi connectivity index (χ2n) is 6.98. The molecule has 30 heavy (non-hydrogen) atoms. The molecule has 3 heterocycles. The van der Waals surface area contributed by atoms with Gasteiger partial charge in [-0.1, -0.05) is 72.4 Å². The molecule has 3 aromatic rings. The number of nitrogens with one attached hydrogen (secondary N) is 1. The zero-order chi connectivity index (χ0) is 20.5. The Morgan fingerprint density at radius 1 is 0.967 bits per heavy atom. The SMILES string of the molecule is N=C1C(=Cc2cccn2Cc2ccccc2)C(=O)N=C2SC=C(c3ccccc3)N12. The van der Waals surface area contributed by atoms with Crippen molar-refractivity contribution < 1.29 is 4.79 Å². The summed E-state index contributed by atoms with van der Waals surface area (Å²) in [4.78, 5) is 18.7. The first kappa shape index (κ1) is 18.4. The Labute approximate surface area is 178 Å². The van der Waals surface area contributed by atoms with Crippen molar-refractivity contribution in [3.05, 3.63) is 107 Å². The Balaban J connectivity index is 1.49. The van der Waals surface area contributed by atoms with Crippen molar-refractivity contribution in [2.45, 2.75) is 6.54 Å². The molecular weight excluding hydrogens is 392 g/mol. The highest BCUT2D eigenvalue weighted by atomic mass is 32.2. The second kappa shape index (κ2) is 7.65. The van der Waals surface area contributed by atoms with E-state index in [9.17, 15) is 4.79 Å². The van der Waals surface area contributed by atoms with E-state index in [1.807, 2.05) is 72.3 Å². The molecule has 6 heteroatoms. The number of aromatic nitrogens is 1. The fraction of sp³-hybridized carbons (Fsp3) is 0.0417. The number of aliphatic imine (C=N–C) groups is 1. The number of fused-ring (bicyclic) bond motifs is 1. The maximum atomic E-state index is 12.7. The Morgan fingerprint density at radius 2 is 1.70 bits per heavy atom. The van der Waals surface area contributed by atoms with Crippen molar-refractivity contribution >= 4 is 40.4 Å². The zero-order valence-corrected chi connectivity index (χ0v) is 16.8. The molecule has 1 aromatic heterocycles. The summed E-state index contributed by atoms with van der Waals surface area (Å²) in [7, 11) is 0. The first-order chi connectivity index (χ1) is 14.7. The van der Waals surface area contributed by atoms with Gasteiger partial charge in [-0.3, -0.25) is 15.1 Å². The van der Waals surface area contributed by atoms with Gasteiger partial charge in [0.25, 0.3) is 5.91 Å². The molecule has 0 spiro atoms. The number of benzene rings is 2. The minimum atomic E-state index is -0.381. The Kier molecular flexibility index (Phi) is 4.69. The highest BCUT2D eigenvalue weighted by Crippen LogP contribution is 2.37. The second-order valence-corrected chi connectivity index (χ2v) is 7.81. The molecule has 0 saturated carbocycles. The van der Waals surface area contributed by atoms with Crippen molar-refractivity contribution in [3.8, 4) is 0 Å². The summed E-state index contributed by atoms with van der Waals surface area (Å²) >= 11 is 1.37. The normalized spacial score (nSPS) is 17.2. The number of rotatable bonds is 4. The van der Waals surface area contributed by atoms with Gasteiger partial charge >= 0.3 is 0 Å². The zero-order valence-electron chi connectivity index (χ0n) is 16.0. The van der Waals surface area contributed by atoms with Crippen molar-refractivity contribution in [3.63, 3.8) is 0 Å². The molecule has 2 aromatic carbocycles. The Bertz CT molecular complexity index is 1220. The third-order valence-corrected chi connectivity index (χ3v) is 5.86.